The Balaban J connectivity index is 1.99. The predicted octanol–water partition coefficient (Wildman–Crippen LogP) is 2.30. The molecule has 22 heavy (non-hydrogen) atoms. The van der Waals surface area contributed by atoms with Gasteiger partial charge >= 0.3 is 0 Å². The van der Waals surface area contributed by atoms with Crippen molar-refractivity contribution in [3.8, 4) is 0 Å². The van der Waals surface area contributed by atoms with Crippen LogP contribution in [0.4, 0.5) is 5.69 Å². The van der Waals surface area contributed by atoms with E-state index in [1.54, 1.807) is 10.8 Å². The molecule has 6 heteroatoms. The van der Waals surface area contributed by atoms with Gasteiger partial charge in [0.25, 0.3) is 5.91 Å². The summed E-state index contributed by atoms with van der Waals surface area (Å²) in [6, 6.07) is 9.59. The standard InChI is InChI=1S/C16H16N4OS/c1-10-6-4-5-7-14(10)20-15(21)13(17-16(20)22)9-12-8-11(2)18-19(12)3/h4-9H,1-3H3,(H,17,22)/b13-9+. The van der Waals surface area contributed by atoms with E-state index in [1.807, 2.05) is 51.2 Å². The second kappa shape index (κ2) is 5.38. The van der Waals surface area contributed by atoms with Crippen LogP contribution in [0.2, 0.25) is 0 Å². The number of amides is 1. The van der Waals surface area contributed by atoms with Crippen molar-refractivity contribution in [3.05, 3.63) is 53.0 Å². The van der Waals surface area contributed by atoms with Crippen LogP contribution < -0.4 is 10.2 Å². The molecule has 0 unspecified atom stereocenters. The van der Waals surface area contributed by atoms with Crippen LogP contribution in [0.25, 0.3) is 6.08 Å². The lowest BCUT2D eigenvalue weighted by Crippen LogP contribution is -2.30. The fraction of sp³-hybridized carbons (Fsp3) is 0.188. The lowest BCUT2D eigenvalue weighted by molar-refractivity contribution is -0.113. The van der Waals surface area contributed by atoms with E-state index < -0.39 is 0 Å². The summed E-state index contributed by atoms with van der Waals surface area (Å²) in [5.74, 6) is -0.154. The Morgan fingerprint density at radius 1 is 1.27 bits per heavy atom. The summed E-state index contributed by atoms with van der Waals surface area (Å²) in [5.41, 5.74) is 4.00. The molecule has 1 aromatic carbocycles. The van der Waals surface area contributed by atoms with Crippen LogP contribution in [-0.4, -0.2) is 20.8 Å². The van der Waals surface area contributed by atoms with Gasteiger partial charge in [-0.1, -0.05) is 18.2 Å². The van der Waals surface area contributed by atoms with Crippen molar-refractivity contribution in [2.24, 2.45) is 7.05 Å². The van der Waals surface area contributed by atoms with E-state index in [4.69, 9.17) is 12.2 Å². The third kappa shape index (κ3) is 2.42. The summed E-state index contributed by atoms with van der Waals surface area (Å²) >= 11 is 5.32. The van der Waals surface area contributed by atoms with Crippen molar-refractivity contribution in [1.29, 1.82) is 0 Å². The molecule has 2 heterocycles. The van der Waals surface area contributed by atoms with E-state index in [0.717, 1.165) is 22.6 Å². The zero-order chi connectivity index (χ0) is 15.9. The molecule has 5 nitrogen and oxygen atoms in total. The van der Waals surface area contributed by atoms with Gasteiger partial charge in [-0.25, -0.2) is 0 Å². The Kier molecular flexibility index (Phi) is 3.54. The van der Waals surface area contributed by atoms with Crippen LogP contribution in [0, 0.1) is 13.8 Å². The first kappa shape index (κ1) is 14.5. The zero-order valence-corrected chi connectivity index (χ0v) is 13.4. The molecule has 0 spiro atoms. The van der Waals surface area contributed by atoms with Gasteiger partial charge in [0.15, 0.2) is 5.11 Å². The Labute approximate surface area is 134 Å². The SMILES string of the molecule is Cc1cc(/C=C2/NC(=S)N(c3ccccc3C)C2=O)n(C)n1. The maximum absolute atomic E-state index is 12.7. The Morgan fingerprint density at radius 2 is 2.00 bits per heavy atom. The molecule has 3 rings (SSSR count). The van der Waals surface area contributed by atoms with Gasteiger partial charge in [-0.15, -0.1) is 0 Å². The van der Waals surface area contributed by atoms with Gasteiger partial charge in [-0.05, 0) is 49.8 Å². The van der Waals surface area contributed by atoms with E-state index in [2.05, 4.69) is 10.4 Å². The smallest absolute Gasteiger partial charge is 0.281 e. The van der Waals surface area contributed by atoms with E-state index >= 15 is 0 Å². The fourth-order valence-corrected chi connectivity index (χ4v) is 2.77. The quantitative estimate of drug-likeness (QED) is 0.683. The summed E-state index contributed by atoms with van der Waals surface area (Å²) in [6.07, 6.45) is 1.77. The minimum absolute atomic E-state index is 0.154. The summed E-state index contributed by atoms with van der Waals surface area (Å²) in [4.78, 5) is 14.2. The number of nitrogens with zero attached hydrogens (tertiary/aromatic N) is 3. The van der Waals surface area contributed by atoms with Gasteiger partial charge < -0.3 is 5.32 Å². The van der Waals surface area contributed by atoms with Crippen LogP contribution >= 0.6 is 12.2 Å². The number of nitrogens with one attached hydrogen (secondary N) is 1. The number of carbonyl (C=O) groups excluding carboxylic acids is 1. The Hall–Kier alpha value is -2.47. The van der Waals surface area contributed by atoms with Crippen molar-refractivity contribution in [1.82, 2.24) is 15.1 Å². The molecule has 1 saturated heterocycles. The molecule has 1 amide bonds. The molecule has 1 aliphatic rings. The van der Waals surface area contributed by atoms with Crippen molar-refractivity contribution in [2.45, 2.75) is 13.8 Å². The highest BCUT2D eigenvalue weighted by Crippen LogP contribution is 2.25. The lowest BCUT2D eigenvalue weighted by Gasteiger charge is -2.16. The monoisotopic (exact) mass is 312 g/mol. The van der Waals surface area contributed by atoms with Crippen molar-refractivity contribution >= 4 is 35.0 Å². The van der Waals surface area contributed by atoms with Crippen molar-refractivity contribution in [2.75, 3.05) is 4.90 Å². The summed E-state index contributed by atoms with van der Waals surface area (Å²) in [6.45, 7) is 3.87. The molecular formula is C16H16N4OS. The average molecular weight is 312 g/mol. The summed E-state index contributed by atoms with van der Waals surface area (Å²) in [7, 11) is 1.84. The van der Waals surface area contributed by atoms with Crippen LogP contribution in [-0.2, 0) is 11.8 Å². The first-order valence-electron chi connectivity index (χ1n) is 6.91. The topological polar surface area (TPSA) is 50.2 Å². The molecule has 1 aliphatic heterocycles. The van der Waals surface area contributed by atoms with Crippen LogP contribution in [0.1, 0.15) is 17.0 Å². The molecular weight excluding hydrogens is 296 g/mol. The van der Waals surface area contributed by atoms with Gasteiger partial charge in [0.1, 0.15) is 5.70 Å². The van der Waals surface area contributed by atoms with Crippen molar-refractivity contribution < 1.29 is 4.79 Å². The van der Waals surface area contributed by atoms with Crippen LogP contribution in [0.5, 0.6) is 0 Å². The van der Waals surface area contributed by atoms with Crippen LogP contribution in [0.3, 0.4) is 0 Å². The molecule has 112 valence electrons. The number of rotatable bonds is 2. The highest BCUT2D eigenvalue weighted by Gasteiger charge is 2.32. The number of carbonyl (C=O) groups is 1. The van der Waals surface area contributed by atoms with E-state index in [-0.39, 0.29) is 5.91 Å². The summed E-state index contributed by atoms with van der Waals surface area (Å²) in [5, 5.41) is 7.66. The first-order chi connectivity index (χ1) is 10.5. The maximum Gasteiger partial charge on any atom is 0.281 e. The van der Waals surface area contributed by atoms with E-state index in [0.29, 0.717) is 10.8 Å². The number of hydrogen-bond donors (Lipinski definition) is 1. The van der Waals surface area contributed by atoms with E-state index in [9.17, 15) is 4.79 Å². The van der Waals surface area contributed by atoms with Gasteiger partial charge in [-0.3, -0.25) is 14.4 Å². The Bertz CT molecular complexity index is 806. The molecule has 0 radical (unpaired) electrons. The number of thiocarbonyl (C=S) groups is 1. The number of aryl methyl sites for hydroxylation is 3. The largest absolute Gasteiger partial charge is 0.327 e. The van der Waals surface area contributed by atoms with Gasteiger partial charge in [0.05, 0.1) is 17.1 Å². The lowest BCUT2D eigenvalue weighted by atomic mass is 10.2. The summed E-state index contributed by atoms with van der Waals surface area (Å²) < 4.78 is 1.73. The number of para-hydroxylation sites is 1. The highest BCUT2D eigenvalue weighted by molar-refractivity contribution is 7.80. The first-order valence-corrected chi connectivity index (χ1v) is 7.31. The molecule has 2 aromatic rings. The predicted molar refractivity (Wildman–Crippen MR) is 90.3 cm³/mol. The second-order valence-electron chi connectivity index (χ2n) is 5.25. The average Bonchev–Trinajstić information content (AvgIpc) is 2.91. The number of hydrogen-bond acceptors (Lipinski definition) is 3. The molecule has 0 saturated carbocycles. The molecule has 1 aromatic heterocycles. The van der Waals surface area contributed by atoms with Gasteiger partial charge in [0.2, 0.25) is 0 Å². The molecule has 1 N–H and O–H groups in total. The Morgan fingerprint density at radius 3 is 2.64 bits per heavy atom. The normalized spacial score (nSPS) is 16.5. The highest BCUT2D eigenvalue weighted by atomic mass is 32.1. The second-order valence-corrected chi connectivity index (χ2v) is 5.64. The fourth-order valence-electron chi connectivity index (χ4n) is 2.48. The number of aromatic nitrogens is 2. The van der Waals surface area contributed by atoms with Gasteiger partial charge in [0, 0.05) is 7.05 Å². The number of benzene rings is 1. The number of anilines is 1. The maximum atomic E-state index is 12.7. The molecule has 1 fully saturated rings. The third-order valence-corrected chi connectivity index (χ3v) is 3.85. The molecule has 0 bridgehead atoms. The van der Waals surface area contributed by atoms with Crippen LogP contribution in [0.15, 0.2) is 36.0 Å². The third-order valence-electron chi connectivity index (χ3n) is 3.56. The zero-order valence-electron chi connectivity index (χ0n) is 12.6. The molecule has 0 aliphatic carbocycles. The van der Waals surface area contributed by atoms with Gasteiger partial charge in [-0.2, -0.15) is 5.10 Å². The minimum Gasteiger partial charge on any atom is -0.327 e. The molecule has 0 atom stereocenters. The minimum atomic E-state index is -0.154. The van der Waals surface area contributed by atoms with E-state index in [1.165, 1.54) is 4.90 Å². The van der Waals surface area contributed by atoms with Crippen molar-refractivity contribution in [3.63, 3.8) is 0 Å².